The maximum absolute atomic E-state index is 9.39. The fraction of sp³-hybridized carbons (Fsp3) is 0.333. The molecule has 0 amide bonds. The summed E-state index contributed by atoms with van der Waals surface area (Å²) in [7, 11) is 0. The Balaban J connectivity index is 0.000000720. The van der Waals surface area contributed by atoms with Gasteiger partial charge in [0.15, 0.2) is 0 Å². The summed E-state index contributed by atoms with van der Waals surface area (Å²) in [6.07, 6.45) is 1.88. The van der Waals surface area contributed by atoms with E-state index < -0.39 is 0 Å². The van der Waals surface area contributed by atoms with Crippen molar-refractivity contribution in [2.24, 2.45) is 5.73 Å². The summed E-state index contributed by atoms with van der Waals surface area (Å²) in [6, 6.07) is 5.69. The maximum atomic E-state index is 9.39. The zero-order chi connectivity index (χ0) is 7.84. The molecular weight excluding hydrogens is 174 g/mol. The summed E-state index contributed by atoms with van der Waals surface area (Å²) in [5, 5.41) is 9.39. The van der Waals surface area contributed by atoms with Gasteiger partial charge in [0, 0.05) is 6.04 Å². The van der Waals surface area contributed by atoms with Crippen LogP contribution in [0.1, 0.15) is 23.6 Å². The largest absolute Gasteiger partial charge is 0.508 e. The van der Waals surface area contributed by atoms with E-state index in [2.05, 4.69) is 0 Å². The fourth-order valence-electron chi connectivity index (χ4n) is 1.67. The second-order valence-corrected chi connectivity index (χ2v) is 2.99. The monoisotopic (exact) mass is 185 g/mol. The number of hydrogen-bond donors (Lipinski definition) is 2. The van der Waals surface area contributed by atoms with Crippen molar-refractivity contribution in [3.63, 3.8) is 0 Å². The minimum atomic E-state index is 0. The number of phenols is 1. The number of phenolic OH excluding ortho intramolecular Hbond substituents is 1. The third-order valence-corrected chi connectivity index (χ3v) is 2.29. The molecule has 1 atom stereocenters. The van der Waals surface area contributed by atoms with Crippen molar-refractivity contribution in [2.75, 3.05) is 0 Å². The quantitative estimate of drug-likeness (QED) is 0.647. The van der Waals surface area contributed by atoms with Gasteiger partial charge < -0.3 is 10.8 Å². The van der Waals surface area contributed by atoms with E-state index >= 15 is 0 Å². The number of fused-ring (bicyclic) bond motifs is 1. The minimum absolute atomic E-state index is 0. The molecule has 0 radical (unpaired) electrons. The third-order valence-electron chi connectivity index (χ3n) is 2.29. The molecule has 0 aliphatic heterocycles. The van der Waals surface area contributed by atoms with Gasteiger partial charge in [0.1, 0.15) is 5.75 Å². The number of halogens is 1. The topological polar surface area (TPSA) is 46.2 Å². The van der Waals surface area contributed by atoms with Gasteiger partial charge in [0.25, 0.3) is 0 Å². The van der Waals surface area contributed by atoms with Gasteiger partial charge >= 0.3 is 0 Å². The summed E-state index contributed by atoms with van der Waals surface area (Å²) < 4.78 is 0. The van der Waals surface area contributed by atoms with Crippen LogP contribution in [0.5, 0.6) is 5.75 Å². The van der Waals surface area contributed by atoms with Gasteiger partial charge in [-0.2, -0.15) is 0 Å². The van der Waals surface area contributed by atoms with E-state index in [1.165, 1.54) is 0 Å². The average molecular weight is 186 g/mol. The predicted molar refractivity (Wildman–Crippen MR) is 50.6 cm³/mol. The summed E-state index contributed by atoms with van der Waals surface area (Å²) >= 11 is 0. The molecule has 0 saturated carbocycles. The Morgan fingerprint density at radius 3 is 2.83 bits per heavy atom. The molecule has 12 heavy (non-hydrogen) atoms. The lowest BCUT2D eigenvalue weighted by Crippen LogP contribution is -2.04. The highest BCUT2D eigenvalue weighted by atomic mass is 35.5. The van der Waals surface area contributed by atoms with Crippen LogP contribution in [0, 0.1) is 0 Å². The van der Waals surface area contributed by atoms with Crippen molar-refractivity contribution in [3.8, 4) is 5.75 Å². The van der Waals surface area contributed by atoms with Crippen molar-refractivity contribution in [1.29, 1.82) is 0 Å². The van der Waals surface area contributed by atoms with E-state index in [1.54, 1.807) is 6.07 Å². The highest BCUT2D eigenvalue weighted by Gasteiger charge is 2.20. The van der Waals surface area contributed by atoms with E-state index in [1.807, 2.05) is 12.1 Å². The molecule has 2 rings (SSSR count). The minimum Gasteiger partial charge on any atom is -0.508 e. The highest BCUT2D eigenvalue weighted by Crippen LogP contribution is 2.34. The van der Waals surface area contributed by atoms with E-state index in [4.69, 9.17) is 5.73 Å². The van der Waals surface area contributed by atoms with E-state index in [0.717, 1.165) is 24.0 Å². The van der Waals surface area contributed by atoms with Crippen LogP contribution in [0.25, 0.3) is 0 Å². The molecule has 1 aromatic carbocycles. The highest BCUT2D eigenvalue weighted by molar-refractivity contribution is 5.85. The van der Waals surface area contributed by atoms with E-state index in [-0.39, 0.29) is 18.4 Å². The van der Waals surface area contributed by atoms with Crippen LogP contribution in [0.3, 0.4) is 0 Å². The molecule has 2 nitrogen and oxygen atoms in total. The number of nitrogens with two attached hydrogens (primary N) is 1. The van der Waals surface area contributed by atoms with Crippen molar-refractivity contribution in [2.45, 2.75) is 18.9 Å². The van der Waals surface area contributed by atoms with Gasteiger partial charge in [-0.05, 0) is 30.0 Å². The molecule has 3 N–H and O–H groups in total. The van der Waals surface area contributed by atoms with E-state index in [9.17, 15) is 5.11 Å². The Labute approximate surface area is 77.8 Å². The maximum Gasteiger partial charge on any atom is 0.119 e. The lowest BCUT2D eigenvalue weighted by atomic mass is 10.1. The van der Waals surface area contributed by atoms with Crippen LogP contribution >= 0.6 is 12.4 Å². The second-order valence-electron chi connectivity index (χ2n) is 2.99. The van der Waals surface area contributed by atoms with Crippen LogP contribution in [-0.2, 0) is 6.42 Å². The first kappa shape index (κ1) is 9.36. The first-order chi connectivity index (χ1) is 5.29. The van der Waals surface area contributed by atoms with Gasteiger partial charge in [-0.3, -0.25) is 0 Å². The van der Waals surface area contributed by atoms with Crippen molar-refractivity contribution >= 4 is 12.4 Å². The number of rotatable bonds is 0. The Morgan fingerprint density at radius 2 is 2.17 bits per heavy atom. The van der Waals surface area contributed by atoms with Gasteiger partial charge in [-0.25, -0.2) is 0 Å². The Morgan fingerprint density at radius 1 is 1.42 bits per heavy atom. The molecule has 0 saturated heterocycles. The number of hydrogen-bond acceptors (Lipinski definition) is 2. The summed E-state index contributed by atoms with van der Waals surface area (Å²) in [5.74, 6) is 0.399. The number of aromatic hydroxyl groups is 1. The third kappa shape index (κ3) is 1.28. The number of benzene rings is 1. The molecule has 1 aromatic rings. The molecule has 1 unspecified atom stereocenters. The van der Waals surface area contributed by atoms with Crippen LogP contribution in [0.15, 0.2) is 18.2 Å². The second kappa shape index (κ2) is 3.33. The standard InChI is InChI=1S/C9H11NO.ClH/c10-8-5-4-7-6(8)2-1-3-9(7)11;/h1-3,8,11H,4-5,10H2;1H. The molecule has 0 aromatic heterocycles. The molecule has 1 aliphatic carbocycles. The molecule has 0 spiro atoms. The van der Waals surface area contributed by atoms with Crippen LogP contribution in [0.4, 0.5) is 0 Å². The van der Waals surface area contributed by atoms with Gasteiger partial charge in [0.05, 0.1) is 0 Å². The van der Waals surface area contributed by atoms with Crippen molar-refractivity contribution in [3.05, 3.63) is 29.3 Å². The van der Waals surface area contributed by atoms with Crippen LogP contribution in [-0.4, -0.2) is 5.11 Å². The Hall–Kier alpha value is -0.730. The lowest BCUT2D eigenvalue weighted by molar-refractivity contribution is 0.469. The molecule has 66 valence electrons. The molecule has 0 bridgehead atoms. The zero-order valence-corrected chi connectivity index (χ0v) is 7.47. The summed E-state index contributed by atoms with van der Waals surface area (Å²) in [6.45, 7) is 0. The van der Waals surface area contributed by atoms with Gasteiger partial charge in [-0.1, -0.05) is 12.1 Å². The van der Waals surface area contributed by atoms with Crippen molar-refractivity contribution < 1.29 is 5.11 Å². The molecule has 1 aliphatic rings. The fourth-order valence-corrected chi connectivity index (χ4v) is 1.67. The zero-order valence-electron chi connectivity index (χ0n) is 6.66. The van der Waals surface area contributed by atoms with Crippen LogP contribution in [0.2, 0.25) is 0 Å². The van der Waals surface area contributed by atoms with E-state index in [0.29, 0.717) is 5.75 Å². The normalized spacial score (nSPS) is 19.9. The lowest BCUT2D eigenvalue weighted by Gasteiger charge is -2.04. The van der Waals surface area contributed by atoms with Gasteiger partial charge in [0.2, 0.25) is 0 Å². The van der Waals surface area contributed by atoms with Gasteiger partial charge in [-0.15, -0.1) is 12.4 Å². The summed E-state index contributed by atoms with van der Waals surface area (Å²) in [4.78, 5) is 0. The molecule has 0 fully saturated rings. The first-order valence-electron chi connectivity index (χ1n) is 3.85. The first-order valence-corrected chi connectivity index (χ1v) is 3.85. The SMILES string of the molecule is Cl.NC1CCc2c(O)cccc21. The predicted octanol–water partition coefficient (Wildman–Crippen LogP) is 1.76. The Bertz CT molecular complexity index is 288. The summed E-state index contributed by atoms with van der Waals surface area (Å²) in [5.41, 5.74) is 7.96. The average Bonchev–Trinajstić information content (AvgIpc) is 2.35. The molecule has 0 heterocycles. The van der Waals surface area contributed by atoms with Crippen LogP contribution < -0.4 is 5.73 Å². The van der Waals surface area contributed by atoms with Crippen molar-refractivity contribution in [1.82, 2.24) is 0 Å². The molecular formula is C9H12ClNO. The smallest absolute Gasteiger partial charge is 0.119 e. The molecule has 3 heteroatoms. The Kier molecular flexibility index (Phi) is 2.60.